The minimum Gasteiger partial charge on any atom is -0.478 e. The van der Waals surface area contributed by atoms with Gasteiger partial charge in [-0.1, -0.05) is 60.7 Å². The van der Waals surface area contributed by atoms with Crippen LogP contribution in [-0.4, -0.2) is 38.9 Å². The molecule has 0 aliphatic carbocycles. The topological polar surface area (TPSA) is 118 Å². The summed E-state index contributed by atoms with van der Waals surface area (Å²) in [5.74, 6) is -0.603. The normalized spacial score (nSPS) is 18.4. The van der Waals surface area contributed by atoms with Crippen molar-refractivity contribution in [3.63, 3.8) is 0 Å². The molecule has 42 heavy (non-hydrogen) atoms. The molecule has 1 saturated heterocycles. The van der Waals surface area contributed by atoms with E-state index in [0.717, 1.165) is 33.4 Å². The lowest BCUT2D eigenvalue weighted by molar-refractivity contribution is -0.245. The monoisotopic (exact) mass is 584 g/mol. The summed E-state index contributed by atoms with van der Waals surface area (Å²) in [4.78, 5) is 27.3. The van der Waals surface area contributed by atoms with Crippen molar-refractivity contribution in [1.29, 1.82) is 0 Å². The number of nitrogens with one attached hydrogen (secondary N) is 1. The maximum absolute atomic E-state index is 11.7. The zero-order chi connectivity index (χ0) is 29.5. The number of nitrogens with zero attached hydrogens (tertiary/aromatic N) is 1. The molecule has 1 aliphatic heterocycles. The first kappa shape index (κ1) is 29.5. The Morgan fingerprint density at radius 2 is 1.69 bits per heavy atom. The molecule has 0 saturated carbocycles. The molecule has 4 aromatic rings. The predicted molar refractivity (Wildman–Crippen MR) is 160 cm³/mol. The molecule has 3 aromatic carbocycles. The van der Waals surface area contributed by atoms with Gasteiger partial charge in [-0.05, 0) is 52.1 Å². The number of carbonyl (C=O) groups is 2. The smallest absolute Gasteiger partial charge is 0.338 e. The molecule has 8 nitrogen and oxygen atoms in total. The first-order valence-electron chi connectivity index (χ1n) is 13.6. The highest BCUT2D eigenvalue weighted by atomic mass is 32.2. The number of pyridine rings is 1. The van der Waals surface area contributed by atoms with Crippen LogP contribution < -0.4 is 5.32 Å². The van der Waals surface area contributed by atoms with Gasteiger partial charge in [0.15, 0.2) is 6.29 Å². The van der Waals surface area contributed by atoms with Crippen molar-refractivity contribution in [2.24, 2.45) is 0 Å². The Labute approximate surface area is 248 Å². The van der Waals surface area contributed by atoms with Gasteiger partial charge in [0.2, 0.25) is 5.91 Å². The van der Waals surface area contributed by atoms with Crippen LogP contribution in [0.5, 0.6) is 0 Å². The number of ether oxygens (including phenoxy) is 2. The van der Waals surface area contributed by atoms with Crippen LogP contribution in [0.25, 0.3) is 11.1 Å². The molecule has 3 atom stereocenters. The number of aliphatic hydroxyl groups excluding tert-OH is 1. The van der Waals surface area contributed by atoms with Crippen LogP contribution in [0.1, 0.15) is 58.4 Å². The van der Waals surface area contributed by atoms with Gasteiger partial charge in [0.05, 0.1) is 24.4 Å². The van der Waals surface area contributed by atoms with Crippen molar-refractivity contribution < 1.29 is 29.3 Å². The number of aliphatic hydroxyl groups is 1. The molecule has 1 fully saturated rings. The second-order valence-corrected chi connectivity index (χ2v) is 11.1. The number of amides is 1. The Morgan fingerprint density at radius 1 is 0.929 bits per heavy atom. The number of aromatic carboxylic acids is 1. The third kappa shape index (κ3) is 7.43. The lowest BCUT2D eigenvalue weighted by atomic mass is 9.99. The molecule has 3 unspecified atom stereocenters. The highest BCUT2D eigenvalue weighted by molar-refractivity contribution is 7.99. The van der Waals surface area contributed by atoms with Crippen molar-refractivity contribution in [3.05, 3.63) is 119 Å². The van der Waals surface area contributed by atoms with Crippen LogP contribution >= 0.6 is 11.8 Å². The van der Waals surface area contributed by atoms with Crippen LogP contribution in [0, 0.1) is 0 Å². The van der Waals surface area contributed by atoms with Gasteiger partial charge in [-0.25, -0.2) is 9.78 Å². The average molecular weight is 585 g/mol. The minimum absolute atomic E-state index is 0.0361. The van der Waals surface area contributed by atoms with Gasteiger partial charge in [0.25, 0.3) is 0 Å². The number of carboxylic acids is 1. The molecule has 0 spiro atoms. The van der Waals surface area contributed by atoms with Crippen molar-refractivity contribution in [2.75, 3.05) is 5.75 Å². The number of hydrogen-bond donors (Lipinski definition) is 3. The van der Waals surface area contributed by atoms with E-state index >= 15 is 0 Å². The molecule has 0 radical (unpaired) electrons. The van der Waals surface area contributed by atoms with Crippen LogP contribution in [0.3, 0.4) is 0 Å². The first-order chi connectivity index (χ1) is 20.4. The number of benzene rings is 3. The lowest BCUT2D eigenvalue weighted by Crippen LogP contribution is -2.31. The fraction of sp³-hybridized carbons (Fsp3) is 0.242. The Morgan fingerprint density at radius 3 is 2.43 bits per heavy atom. The second-order valence-electron chi connectivity index (χ2n) is 10.1. The lowest BCUT2D eigenvalue weighted by Gasteiger charge is -2.36. The number of thioether (sulfide) groups is 1. The van der Waals surface area contributed by atoms with E-state index in [9.17, 15) is 19.8 Å². The Balaban J connectivity index is 1.40. The van der Waals surface area contributed by atoms with Gasteiger partial charge in [-0.3, -0.25) is 4.79 Å². The molecule has 216 valence electrons. The quantitative estimate of drug-likeness (QED) is 0.197. The third-order valence-corrected chi connectivity index (χ3v) is 8.12. The number of hydrogen-bond acceptors (Lipinski definition) is 7. The molecule has 1 amide bonds. The van der Waals surface area contributed by atoms with Crippen LogP contribution in [0.15, 0.2) is 96.2 Å². The van der Waals surface area contributed by atoms with Crippen molar-refractivity contribution in [1.82, 2.24) is 10.3 Å². The van der Waals surface area contributed by atoms with Gasteiger partial charge in [-0.15, -0.1) is 11.8 Å². The van der Waals surface area contributed by atoms with Crippen LogP contribution in [0.2, 0.25) is 0 Å². The predicted octanol–water partition coefficient (Wildman–Crippen LogP) is 5.91. The van der Waals surface area contributed by atoms with E-state index in [0.29, 0.717) is 23.7 Å². The standard InChI is InChI=1S/C33H32N2O6S/c1-21(37)35-18-23-5-2-6-25(15-23)26-7-3-8-27(16-26)33-40-28(20-42-31-29(32(38)39)9-4-14-34-31)17-30(41-33)24-12-10-22(19-36)11-13-24/h2-16,28,30,33,36H,17-20H2,1H3,(H,35,37)(H,38,39). The number of aromatic nitrogens is 1. The van der Waals surface area contributed by atoms with Gasteiger partial charge in [0.1, 0.15) is 5.03 Å². The van der Waals surface area contributed by atoms with E-state index in [-0.39, 0.29) is 30.3 Å². The molecule has 0 bridgehead atoms. The number of carbonyl (C=O) groups excluding carboxylic acids is 1. The van der Waals surface area contributed by atoms with E-state index in [1.54, 1.807) is 18.3 Å². The number of rotatable bonds is 10. The highest BCUT2D eigenvalue weighted by Crippen LogP contribution is 2.40. The summed E-state index contributed by atoms with van der Waals surface area (Å²) in [6.07, 6.45) is 0.989. The Bertz CT molecular complexity index is 1540. The molecule has 1 aliphatic rings. The van der Waals surface area contributed by atoms with E-state index in [2.05, 4.69) is 16.4 Å². The maximum atomic E-state index is 11.7. The van der Waals surface area contributed by atoms with Gasteiger partial charge in [-0.2, -0.15) is 0 Å². The second kappa shape index (κ2) is 13.8. The highest BCUT2D eigenvalue weighted by Gasteiger charge is 2.32. The maximum Gasteiger partial charge on any atom is 0.338 e. The van der Waals surface area contributed by atoms with Crippen LogP contribution in [0.4, 0.5) is 0 Å². The van der Waals surface area contributed by atoms with E-state index in [1.807, 2.05) is 66.7 Å². The summed E-state index contributed by atoms with van der Waals surface area (Å²) in [6, 6.07) is 26.9. The van der Waals surface area contributed by atoms with Crippen molar-refractivity contribution in [2.45, 2.75) is 50.0 Å². The SMILES string of the molecule is CC(=O)NCc1cccc(-c2cccc(C3OC(CSc4ncccc4C(=O)O)CC(c4ccc(CO)cc4)O3)c2)c1. The first-order valence-corrected chi connectivity index (χ1v) is 14.6. The summed E-state index contributed by atoms with van der Waals surface area (Å²) in [6.45, 7) is 1.91. The molecule has 1 aromatic heterocycles. The molecule has 9 heteroatoms. The fourth-order valence-electron chi connectivity index (χ4n) is 4.82. The van der Waals surface area contributed by atoms with Gasteiger partial charge in [0, 0.05) is 37.4 Å². The number of carboxylic acid groups (broad SMARTS) is 1. The summed E-state index contributed by atoms with van der Waals surface area (Å²) >= 11 is 1.36. The summed E-state index contributed by atoms with van der Waals surface area (Å²) < 4.78 is 13.0. The molecule has 5 rings (SSSR count). The minimum atomic E-state index is -1.02. The van der Waals surface area contributed by atoms with E-state index in [1.165, 1.54) is 18.7 Å². The van der Waals surface area contributed by atoms with Crippen molar-refractivity contribution >= 4 is 23.6 Å². The summed E-state index contributed by atoms with van der Waals surface area (Å²) in [7, 11) is 0. The van der Waals surface area contributed by atoms with Crippen LogP contribution in [-0.2, 0) is 27.4 Å². The largest absolute Gasteiger partial charge is 0.478 e. The molecule has 2 heterocycles. The van der Waals surface area contributed by atoms with E-state index in [4.69, 9.17) is 9.47 Å². The summed E-state index contributed by atoms with van der Waals surface area (Å²) in [5, 5.41) is 22.3. The molecule has 3 N–H and O–H groups in total. The molecular weight excluding hydrogens is 552 g/mol. The third-order valence-electron chi connectivity index (χ3n) is 6.98. The zero-order valence-electron chi connectivity index (χ0n) is 23.1. The fourth-order valence-corrected chi connectivity index (χ4v) is 5.82. The van der Waals surface area contributed by atoms with Gasteiger partial charge < -0.3 is 25.0 Å². The van der Waals surface area contributed by atoms with Crippen molar-refractivity contribution in [3.8, 4) is 11.1 Å². The Kier molecular flexibility index (Phi) is 9.66. The zero-order valence-corrected chi connectivity index (χ0v) is 23.9. The van der Waals surface area contributed by atoms with Gasteiger partial charge >= 0.3 is 5.97 Å². The molecular formula is C33H32N2O6S. The Hall–Kier alpha value is -4.02. The average Bonchev–Trinajstić information content (AvgIpc) is 3.03. The summed E-state index contributed by atoms with van der Waals surface area (Å²) in [5.41, 5.74) is 5.81. The van der Waals surface area contributed by atoms with E-state index < -0.39 is 12.3 Å².